The highest BCUT2D eigenvalue weighted by Crippen LogP contribution is 2.31. The number of carbonyl (C=O) groups is 1. The highest BCUT2D eigenvalue weighted by Gasteiger charge is 2.18. The summed E-state index contributed by atoms with van der Waals surface area (Å²) in [6.07, 6.45) is 0. The third-order valence-corrected chi connectivity index (χ3v) is 6.03. The summed E-state index contributed by atoms with van der Waals surface area (Å²) in [5.74, 6) is 1.39. The minimum Gasteiger partial charge on any atom is -0.493 e. The minimum atomic E-state index is -0.00799. The van der Waals surface area contributed by atoms with Crippen LogP contribution >= 0.6 is 11.3 Å². The second kappa shape index (κ2) is 10.3. The first kappa shape index (κ1) is 21.9. The molecule has 0 radical (unpaired) electrons. The second-order valence-electron chi connectivity index (χ2n) is 7.12. The average molecular weight is 425 g/mol. The van der Waals surface area contributed by atoms with Gasteiger partial charge in [-0.2, -0.15) is 0 Å². The normalized spacial score (nSPS) is 11.7. The fourth-order valence-corrected chi connectivity index (χ4v) is 4.17. The number of likely N-dealkylation sites (N-methyl/N-ethyl adjacent to an activating group) is 1. The zero-order valence-electron chi connectivity index (χ0n) is 17.8. The molecule has 1 heterocycles. The van der Waals surface area contributed by atoms with Gasteiger partial charge in [-0.1, -0.05) is 36.4 Å². The fraction of sp³-hybridized carbons (Fsp3) is 0.292. The molecule has 158 valence electrons. The Morgan fingerprint density at radius 2 is 1.77 bits per heavy atom. The van der Waals surface area contributed by atoms with Gasteiger partial charge < -0.3 is 14.4 Å². The van der Waals surface area contributed by atoms with Crippen molar-refractivity contribution in [1.29, 1.82) is 0 Å². The van der Waals surface area contributed by atoms with Crippen molar-refractivity contribution < 1.29 is 14.3 Å². The lowest BCUT2D eigenvalue weighted by molar-refractivity contribution is -0.129. The average Bonchev–Trinajstić information content (AvgIpc) is 3.30. The molecule has 0 fully saturated rings. The van der Waals surface area contributed by atoms with Gasteiger partial charge in [-0.25, -0.2) is 0 Å². The van der Waals surface area contributed by atoms with Crippen molar-refractivity contribution in [2.24, 2.45) is 0 Å². The molecule has 0 aliphatic rings. The monoisotopic (exact) mass is 424 g/mol. The Kier molecular flexibility index (Phi) is 7.49. The molecule has 0 saturated heterocycles. The predicted molar refractivity (Wildman–Crippen MR) is 121 cm³/mol. The predicted octanol–water partition coefficient (Wildman–Crippen LogP) is 4.41. The first-order valence-corrected chi connectivity index (χ1v) is 10.7. The molecule has 0 unspecified atom stereocenters. The number of amides is 1. The zero-order chi connectivity index (χ0) is 21.5. The molecule has 0 aliphatic carbocycles. The van der Waals surface area contributed by atoms with Gasteiger partial charge >= 0.3 is 0 Å². The van der Waals surface area contributed by atoms with E-state index in [2.05, 4.69) is 28.9 Å². The molecule has 0 saturated carbocycles. The summed E-state index contributed by atoms with van der Waals surface area (Å²) in [6.45, 7) is 2.76. The Bertz CT molecular complexity index is 958. The maximum absolute atomic E-state index is 12.9. The molecule has 30 heavy (non-hydrogen) atoms. The SMILES string of the molecule is COc1cc(C)c(CN(C)C(=O)CN[C@H](c2ccccc2)c2cccs2)cc1OC. The Labute approximate surface area is 182 Å². The number of carbonyl (C=O) groups excluding carboxylic acids is 1. The molecule has 0 bridgehead atoms. The van der Waals surface area contributed by atoms with Crippen molar-refractivity contribution in [1.82, 2.24) is 10.2 Å². The van der Waals surface area contributed by atoms with E-state index in [9.17, 15) is 4.79 Å². The Morgan fingerprint density at radius 1 is 1.07 bits per heavy atom. The second-order valence-corrected chi connectivity index (χ2v) is 8.10. The van der Waals surface area contributed by atoms with Gasteiger partial charge in [0.25, 0.3) is 0 Å². The summed E-state index contributed by atoms with van der Waals surface area (Å²) in [5.41, 5.74) is 3.23. The highest BCUT2D eigenvalue weighted by atomic mass is 32.1. The van der Waals surface area contributed by atoms with E-state index in [1.807, 2.05) is 50.4 Å². The molecule has 1 N–H and O–H groups in total. The lowest BCUT2D eigenvalue weighted by Crippen LogP contribution is -2.37. The zero-order valence-corrected chi connectivity index (χ0v) is 18.7. The van der Waals surface area contributed by atoms with E-state index in [4.69, 9.17) is 9.47 Å². The molecule has 0 spiro atoms. The summed E-state index contributed by atoms with van der Waals surface area (Å²) in [6, 6.07) is 18.2. The molecule has 1 amide bonds. The molecule has 2 aromatic carbocycles. The van der Waals surface area contributed by atoms with Gasteiger partial charge in [0.05, 0.1) is 26.8 Å². The van der Waals surface area contributed by atoms with Crippen LogP contribution in [-0.2, 0) is 11.3 Å². The van der Waals surface area contributed by atoms with Crippen LogP contribution in [0.15, 0.2) is 60.0 Å². The largest absolute Gasteiger partial charge is 0.493 e. The molecule has 1 aromatic heterocycles. The molecule has 3 rings (SSSR count). The van der Waals surface area contributed by atoms with Crippen LogP contribution in [0.2, 0.25) is 0 Å². The van der Waals surface area contributed by atoms with E-state index in [-0.39, 0.29) is 18.5 Å². The Morgan fingerprint density at radius 3 is 2.40 bits per heavy atom. The number of nitrogens with one attached hydrogen (secondary N) is 1. The van der Waals surface area contributed by atoms with E-state index >= 15 is 0 Å². The van der Waals surface area contributed by atoms with Crippen LogP contribution in [0.4, 0.5) is 0 Å². The van der Waals surface area contributed by atoms with Crippen molar-refractivity contribution in [3.8, 4) is 11.5 Å². The number of nitrogens with zero attached hydrogens (tertiary/aromatic N) is 1. The van der Waals surface area contributed by atoms with Gasteiger partial charge in [0.2, 0.25) is 5.91 Å². The maximum Gasteiger partial charge on any atom is 0.236 e. The maximum atomic E-state index is 12.9. The first-order valence-electron chi connectivity index (χ1n) is 9.80. The van der Waals surface area contributed by atoms with Gasteiger partial charge in [-0.05, 0) is 47.2 Å². The number of ether oxygens (including phenoxy) is 2. The molecule has 5 nitrogen and oxygen atoms in total. The van der Waals surface area contributed by atoms with Crippen molar-refractivity contribution in [2.75, 3.05) is 27.8 Å². The molecule has 1 atom stereocenters. The summed E-state index contributed by atoms with van der Waals surface area (Å²) in [4.78, 5) is 15.8. The van der Waals surface area contributed by atoms with Gasteiger partial charge in [0, 0.05) is 18.5 Å². The van der Waals surface area contributed by atoms with Crippen LogP contribution in [0.25, 0.3) is 0 Å². The third kappa shape index (κ3) is 5.20. The van der Waals surface area contributed by atoms with Gasteiger partial charge in [-0.3, -0.25) is 10.1 Å². The fourth-order valence-electron chi connectivity index (χ4n) is 3.34. The first-order chi connectivity index (χ1) is 14.5. The molecule has 6 heteroatoms. The van der Waals surface area contributed by atoms with Crippen molar-refractivity contribution >= 4 is 17.2 Å². The number of thiophene rings is 1. The van der Waals surface area contributed by atoms with Gasteiger partial charge in [0.1, 0.15) is 0 Å². The minimum absolute atomic E-state index is 0.00799. The van der Waals surface area contributed by atoms with Crippen molar-refractivity contribution in [3.63, 3.8) is 0 Å². The topological polar surface area (TPSA) is 50.8 Å². The van der Waals surface area contributed by atoms with E-state index in [1.54, 1.807) is 30.5 Å². The summed E-state index contributed by atoms with van der Waals surface area (Å²) < 4.78 is 10.8. The lowest BCUT2D eigenvalue weighted by atomic mass is 10.1. The van der Waals surface area contributed by atoms with E-state index in [0.29, 0.717) is 18.0 Å². The smallest absolute Gasteiger partial charge is 0.236 e. The number of aryl methyl sites for hydroxylation is 1. The number of hydrogen-bond acceptors (Lipinski definition) is 5. The van der Waals surface area contributed by atoms with E-state index in [0.717, 1.165) is 16.7 Å². The Hall–Kier alpha value is -2.83. The molecular weight excluding hydrogens is 396 g/mol. The summed E-state index contributed by atoms with van der Waals surface area (Å²) in [7, 11) is 5.06. The van der Waals surface area contributed by atoms with Crippen molar-refractivity contribution in [2.45, 2.75) is 19.5 Å². The quantitative estimate of drug-likeness (QED) is 0.553. The van der Waals surface area contributed by atoms with Crippen LogP contribution in [-0.4, -0.2) is 38.6 Å². The summed E-state index contributed by atoms with van der Waals surface area (Å²) in [5, 5.41) is 5.49. The Balaban J connectivity index is 1.68. The van der Waals surface area contributed by atoms with Crippen LogP contribution in [0.5, 0.6) is 11.5 Å². The van der Waals surface area contributed by atoms with Crippen molar-refractivity contribution in [3.05, 3.63) is 81.5 Å². The number of hydrogen-bond donors (Lipinski definition) is 1. The highest BCUT2D eigenvalue weighted by molar-refractivity contribution is 7.10. The number of benzene rings is 2. The standard InChI is InChI=1S/C24H28N2O3S/c1-17-13-20(28-3)21(29-4)14-19(17)16-26(2)23(27)15-25-24(22-11-8-12-30-22)18-9-6-5-7-10-18/h5-14,24-25H,15-16H2,1-4H3/t24-/m1/s1. The van der Waals surface area contributed by atoms with E-state index in [1.165, 1.54) is 4.88 Å². The van der Waals surface area contributed by atoms with Crippen LogP contribution in [0.3, 0.4) is 0 Å². The summed E-state index contributed by atoms with van der Waals surface area (Å²) >= 11 is 1.68. The number of rotatable bonds is 9. The van der Waals surface area contributed by atoms with E-state index < -0.39 is 0 Å². The molecular formula is C24H28N2O3S. The van der Waals surface area contributed by atoms with Crippen LogP contribution in [0.1, 0.15) is 27.6 Å². The van der Waals surface area contributed by atoms with Gasteiger partial charge in [0.15, 0.2) is 11.5 Å². The van der Waals surface area contributed by atoms with Crippen LogP contribution in [0, 0.1) is 6.92 Å². The lowest BCUT2D eigenvalue weighted by Gasteiger charge is -2.23. The third-order valence-electron chi connectivity index (χ3n) is 5.09. The van der Waals surface area contributed by atoms with Gasteiger partial charge in [-0.15, -0.1) is 11.3 Å². The molecule has 0 aliphatic heterocycles. The van der Waals surface area contributed by atoms with Crippen LogP contribution < -0.4 is 14.8 Å². The number of methoxy groups -OCH3 is 2. The molecule has 3 aromatic rings.